The van der Waals surface area contributed by atoms with Gasteiger partial charge in [-0.3, -0.25) is 4.79 Å². The highest BCUT2D eigenvalue weighted by Gasteiger charge is 2.36. The van der Waals surface area contributed by atoms with E-state index in [1.807, 2.05) is 43.3 Å². The minimum absolute atomic E-state index is 0.0249. The van der Waals surface area contributed by atoms with Crippen LogP contribution < -0.4 is 14.8 Å². The van der Waals surface area contributed by atoms with E-state index in [4.69, 9.17) is 9.47 Å². The minimum atomic E-state index is -0.268. The zero-order valence-electron chi connectivity index (χ0n) is 15.5. The molecule has 4 rings (SSSR count). The molecule has 1 amide bonds. The van der Waals surface area contributed by atoms with Crippen molar-refractivity contribution >= 4 is 5.91 Å². The fourth-order valence-electron chi connectivity index (χ4n) is 3.77. The third kappa shape index (κ3) is 4.08. The number of aliphatic hydroxyl groups excluding tert-OH is 1. The first-order valence-electron chi connectivity index (χ1n) is 9.51. The zero-order valence-corrected chi connectivity index (χ0v) is 15.5. The second-order valence-corrected chi connectivity index (χ2v) is 7.50. The Labute approximate surface area is 159 Å². The summed E-state index contributed by atoms with van der Waals surface area (Å²) in [7, 11) is 0. The van der Waals surface area contributed by atoms with Crippen LogP contribution in [0.25, 0.3) is 0 Å². The zero-order chi connectivity index (χ0) is 18.8. The van der Waals surface area contributed by atoms with Crippen molar-refractivity contribution in [2.75, 3.05) is 13.2 Å². The summed E-state index contributed by atoms with van der Waals surface area (Å²) in [5.74, 6) is 1.70. The molecule has 2 aromatic rings. The molecule has 27 heavy (non-hydrogen) atoms. The van der Waals surface area contributed by atoms with Crippen LogP contribution in [-0.4, -0.2) is 30.3 Å². The Morgan fingerprint density at radius 2 is 2.04 bits per heavy atom. The smallest absolute Gasteiger partial charge is 0.258 e. The molecule has 1 fully saturated rings. The average Bonchev–Trinajstić information content (AvgIpc) is 3.11. The van der Waals surface area contributed by atoms with Crippen molar-refractivity contribution in [1.82, 2.24) is 5.32 Å². The molecule has 0 aromatic heterocycles. The number of nitrogens with one attached hydrogen (secondary N) is 1. The van der Waals surface area contributed by atoms with Gasteiger partial charge in [-0.2, -0.15) is 0 Å². The Balaban J connectivity index is 1.43. The maximum absolute atomic E-state index is 12.5. The first kappa shape index (κ1) is 17.9. The highest BCUT2D eigenvalue weighted by molar-refractivity contribution is 5.78. The molecular weight excluding hydrogens is 342 g/mol. The molecular formula is C22H25NO4. The van der Waals surface area contributed by atoms with Gasteiger partial charge in [0.15, 0.2) is 6.61 Å². The number of ether oxygens (including phenoxy) is 2. The summed E-state index contributed by atoms with van der Waals surface area (Å²) in [6.45, 7) is 2.70. The van der Waals surface area contributed by atoms with Gasteiger partial charge in [-0.15, -0.1) is 0 Å². The van der Waals surface area contributed by atoms with Gasteiger partial charge in [-0.1, -0.05) is 23.8 Å². The van der Waals surface area contributed by atoms with Crippen LogP contribution >= 0.6 is 0 Å². The number of carbonyl (C=O) groups excluding carboxylic acids is 1. The Bertz CT molecular complexity index is 812. The fourth-order valence-corrected chi connectivity index (χ4v) is 3.77. The van der Waals surface area contributed by atoms with E-state index in [1.54, 1.807) is 0 Å². The Morgan fingerprint density at radius 1 is 1.26 bits per heavy atom. The molecule has 0 spiro atoms. The Hall–Kier alpha value is -2.53. The van der Waals surface area contributed by atoms with Crippen LogP contribution in [0.15, 0.2) is 42.5 Å². The molecule has 1 heterocycles. The molecule has 5 heteroatoms. The Morgan fingerprint density at radius 3 is 2.78 bits per heavy atom. The van der Waals surface area contributed by atoms with Gasteiger partial charge in [0.2, 0.25) is 0 Å². The number of aryl methyl sites for hydroxylation is 1. The molecule has 5 nitrogen and oxygen atoms in total. The van der Waals surface area contributed by atoms with Gasteiger partial charge in [0.25, 0.3) is 5.91 Å². The first-order valence-corrected chi connectivity index (χ1v) is 9.51. The molecule has 0 radical (unpaired) electrons. The SMILES string of the molecule is Cc1ccc(OCC(=O)N[C@@H](c2ccc3c(c2)CCO3)C2CC(O)C2)cc1. The van der Waals surface area contributed by atoms with Crippen molar-refractivity contribution in [3.05, 3.63) is 59.2 Å². The molecule has 142 valence electrons. The summed E-state index contributed by atoms with van der Waals surface area (Å²) < 4.78 is 11.2. The quantitative estimate of drug-likeness (QED) is 0.824. The van der Waals surface area contributed by atoms with Gasteiger partial charge in [0.1, 0.15) is 11.5 Å². The topological polar surface area (TPSA) is 67.8 Å². The number of aliphatic hydroxyl groups is 1. The molecule has 0 saturated heterocycles. The number of fused-ring (bicyclic) bond motifs is 1. The molecule has 0 bridgehead atoms. The van der Waals surface area contributed by atoms with E-state index in [-0.39, 0.29) is 30.6 Å². The lowest BCUT2D eigenvalue weighted by Crippen LogP contribution is -2.42. The van der Waals surface area contributed by atoms with Gasteiger partial charge in [0, 0.05) is 6.42 Å². The normalized spacial score (nSPS) is 21.6. The van der Waals surface area contributed by atoms with Crippen molar-refractivity contribution in [2.24, 2.45) is 5.92 Å². The summed E-state index contributed by atoms with van der Waals surface area (Å²) in [6.07, 6.45) is 2.04. The Kier molecular flexibility index (Phi) is 5.03. The van der Waals surface area contributed by atoms with Crippen LogP contribution in [0.2, 0.25) is 0 Å². The van der Waals surface area contributed by atoms with Crippen LogP contribution in [0.5, 0.6) is 11.5 Å². The summed E-state index contributed by atoms with van der Waals surface area (Å²) >= 11 is 0. The number of benzene rings is 2. The second kappa shape index (κ2) is 7.61. The minimum Gasteiger partial charge on any atom is -0.493 e. The van der Waals surface area contributed by atoms with Crippen LogP contribution in [0.1, 0.15) is 35.6 Å². The lowest BCUT2D eigenvalue weighted by molar-refractivity contribution is -0.125. The number of hydrogen-bond donors (Lipinski definition) is 2. The predicted molar refractivity (Wildman–Crippen MR) is 102 cm³/mol. The van der Waals surface area contributed by atoms with E-state index < -0.39 is 0 Å². The molecule has 0 unspecified atom stereocenters. The lowest BCUT2D eigenvalue weighted by atomic mass is 9.75. The summed E-state index contributed by atoms with van der Waals surface area (Å²) in [6, 6.07) is 13.6. The predicted octanol–water partition coefficient (Wildman–Crippen LogP) is 2.94. The van der Waals surface area contributed by atoms with Gasteiger partial charge in [-0.25, -0.2) is 0 Å². The molecule has 2 N–H and O–H groups in total. The number of rotatable bonds is 6. The first-order chi connectivity index (χ1) is 13.1. The number of hydrogen-bond acceptors (Lipinski definition) is 4. The van der Waals surface area contributed by atoms with E-state index in [9.17, 15) is 9.90 Å². The third-order valence-electron chi connectivity index (χ3n) is 5.40. The van der Waals surface area contributed by atoms with Crippen molar-refractivity contribution < 1.29 is 19.4 Å². The average molecular weight is 367 g/mol. The van der Waals surface area contributed by atoms with Crippen LogP contribution in [0.4, 0.5) is 0 Å². The lowest BCUT2D eigenvalue weighted by Gasteiger charge is -2.38. The molecule has 1 saturated carbocycles. The number of amides is 1. The molecule has 2 aromatic carbocycles. The van der Waals surface area contributed by atoms with Crippen molar-refractivity contribution in [2.45, 2.75) is 38.3 Å². The summed E-state index contributed by atoms with van der Waals surface area (Å²) in [5.41, 5.74) is 3.40. The highest BCUT2D eigenvalue weighted by atomic mass is 16.5. The third-order valence-corrected chi connectivity index (χ3v) is 5.40. The van der Waals surface area contributed by atoms with E-state index in [0.717, 1.165) is 23.3 Å². The second-order valence-electron chi connectivity index (χ2n) is 7.50. The monoisotopic (exact) mass is 367 g/mol. The molecule has 2 aliphatic rings. The van der Waals surface area contributed by atoms with Gasteiger partial charge >= 0.3 is 0 Å². The van der Waals surface area contributed by atoms with E-state index in [1.165, 1.54) is 5.56 Å². The summed E-state index contributed by atoms with van der Waals surface area (Å²) in [4.78, 5) is 12.5. The van der Waals surface area contributed by atoms with E-state index in [0.29, 0.717) is 25.2 Å². The van der Waals surface area contributed by atoms with Crippen LogP contribution in [0, 0.1) is 12.8 Å². The van der Waals surface area contributed by atoms with E-state index in [2.05, 4.69) is 11.4 Å². The van der Waals surface area contributed by atoms with Crippen molar-refractivity contribution in [1.29, 1.82) is 0 Å². The molecule has 1 aliphatic carbocycles. The van der Waals surface area contributed by atoms with Gasteiger partial charge in [-0.05, 0) is 61.1 Å². The van der Waals surface area contributed by atoms with Gasteiger partial charge in [0.05, 0.1) is 18.8 Å². The van der Waals surface area contributed by atoms with Crippen molar-refractivity contribution in [3.8, 4) is 11.5 Å². The largest absolute Gasteiger partial charge is 0.493 e. The van der Waals surface area contributed by atoms with Crippen LogP contribution in [0.3, 0.4) is 0 Å². The van der Waals surface area contributed by atoms with Crippen LogP contribution in [-0.2, 0) is 11.2 Å². The van der Waals surface area contributed by atoms with E-state index >= 15 is 0 Å². The number of carbonyl (C=O) groups is 1. The van der Waals surface area contributed by atoms with Gasteiger partial charge < -0.3 is 19.9 Å². The maximum atomic E-state index is 12.5. The standard InChI is InChI=1S/C22H25NO4/c1-14-2-5-19(6-3-14)27-13-21(25)23-22(17-11-18(24)12-17)16-4-7-20-15(10-16)8-9-26-20/h2-7,10,17-18,22,24H,8-9,11-13H2,1H3,(H,23,25)/t17?,18?,22-/m0/s1. The highest BCUT2D eigenvalue weighted by Crippen LogP contribution is 2.39. The summed E-state index contributed by atoms with van der Waals surface area (Å²) in [5, 5.41) is 12.8. The molecule has 1 atom stereocenters. The molecule has 1 aliphatic heterocycles. The maximum Gasteiger partial charge on any atom is 0.258 e. The van der Waals surface area contributed by atoms with Crippen molar-refractivity contribution in [3.63, 3.8) is 0 Å². The fraction of sp³-hybridized carbons (Fsp3) is 0.409.